The summed E-state index contributed by atoms with van der Waals surface area (Å²) in [4.78, 5) is 27.9. The van der Waals surface area contributed by atoms with Crippen molar-refractivity contribution in [2.24, 2.45) is 5.73 Å². The molecular weight excluding hydrogens is 302 g/mol. The van der Waals surface area contributed by atoms with E-state index in [1.165, 1.54) is 12.4 Å². The molecular formula is C19H17N3O2. The lowest BCUT2D eigenvalue weighted by Gasteiger charge is -2.17. The molecule has 3 rings (SSSR count). The summed E-state index contributed by atoms with van der Waals surface area (Å²) in [5, 5.41) is 4.83. The normalized spacial score (nSPS) is 11.8. The average molecular weight is 319 g/mol. The third-order valence-electron chi connectivity index (χ3n) is 3.90. The fourth-order valence-corrected chi connectivity index (χ4v) is 2.66. The van der Waals surface area contributed by atoms with Crippen molar-refractivity contribution in [1.29, 1.82) is 0 Å². The molecule has 0 bridgehead atoms. The Kier molecular flexibility index (Phi) is 4.52. The van der Waals surface area contributed by atoms with Gasteiger partial charge in [-0.1, -0.05) is 42.5 Å². The monoisotopic (exact) mass is 319 g/mol. The minimum atomic E-state index is -0.781. The number of benzene rings is 2. The van der Waals surface area contributed by atoms with Gasteiger partial charge in [0.2, 0.25) is 5.91 Å². The highest BCUT2D eigenvalue weighted by molar-refractivity contribution is 5.97. The number of carbonyl (C=O) groups is 2. The van der Waals surface area contributed by atoms with E-state index >= 15 is 0 Å². The molecule has 1 aromatic heterocycles. The Bertz CT molecular complexity index is 873. The van der Waals surface area contributed by atoms with E-state index in [-0.39, 0.29) is 5.91 Å². The maximum absolute atomic E-state index is 12.3. The van der Waals surface area contributed by atoms with Crippen molar-refractivity contribution >= 4 is 22.6 Å². The van der Waals surface area contributed by atoms with Crippen LogP contribution in [0.5, 0.6) is 0 Å². The molecule has 5 heteroatoms. The van der Waals surface area contributed by atoms with Crippen LogP contribution in [0.25, 0.3) is 10.8 Å². The Balaban J connectivity index is 1.84. The highest BCUT2D eigenvalue weighted by Gasteiger charge is 2.20. The average Bonchev–Trinajstić information content (AvgIpc) is 2.62. The molecule has 3 N–H and O–H groups in total. The van der Waals surface area contributed by atoms with Gasteiger partial charge in [-0.15, -0.1) is 0 Å². The van der Waals surface area contributed by atoms with Crippen molar-refractivity contribution in [3.8, 4) is 0 Å². The van der Waals surface area contributed by atoms with Crippen molar-refractivity contribution in [1.82, 2.24) is 10.3 Å². The van der Waals surface area contributed by atoms with Crippen molar-refractivity contribution < 1.29 is 9.59 Å². The second kappa shape index (κ2) is 6.91. The summed E-state index contributed by atoms with van der Waals surface area (Å²) in [5.74, 6) is -0.910. The molecule has 1 heterocycles. The van der Waals surface area contributed by atoms with Gasteiger partial charge < -0.3 is 11.1 Å². The fourth-order valence-electron chi connectivity index (χ4n) is 2.66. The van der Waals surface area contributed by atoms with Gasteiger partial charge in [0.25, 0.3) is 5.91 Å². The Morgan fingerprint density at radius 1 is 1.00 bits per heavy atom. The van der Waals surface area contributed by atoms with E-state index in [1.54, 1.807) is 12.1 Å². The van der Waals surface area contributed by atoms with Crippen LogP contribution in [0, 0.1) is 0 Å². The van der Waals surface area contributed by atoms with Crippen LogP contribution in [0.4, 0.5) is 0 Å². The summed E-state index contributed by atoms with van der Waals surface area (Å²) >= 11 is 0. The van der Waals surface area contributed by atoms with E-state index in [1.807, 2.05) is 42.5 Å². The smallest absolute Gasteiger partial charge is 0.252 e. The molecule has 0 saturated carbocycles. The number of carbonyl (C=O) groups excluding carboxylic acids is 2. The highest BCUT2D eigenvalue weighted by atomic mass is 16.2. The first-order valence-electron chi connectivity index (χ1n) is 7.62. The Morgan fingerprint density at radius 3 is 2.46 bits per heavy atom. The number of nitrogens with zero attached hydrogens (tertiary/aromatic N) is 1. The Hall–Kier alpha value is -3.21. The molecule has 2 amide bonds. The van der Waals surface area contributed by atoms with Crippen molar-refractivity contribution in [3.05, 3.63) is 78.1 Å². The quantitative estimate of drug-likeness (QED) is 0.755. The summed E-state index contributed by atoms with van der Waals surface area (Å²) in [6.07, 6.45) is 3.39. The third-order valence-corrected chi connectivity index (χ3v) is 3.90. The molecule has 24 heavy (non-hydrogen) atoms. The minimum absolute atomic E-state index is 0.341. The van der Waals surface area contributed by atoms with Crippen molar-refractivity contribution in [3.63, 3.8) is 0 Å². The fraction of sp³-hybridized carbons (Fsp3) is 0.105. The van der Waals surface area contributed by atoms with Crippen LogP contribution in [0.1, 0.15) is 15.9 Å². The van der Waals surface area contributed by atoms with Crippen molar-refractivity contribution in [2.75, 3.05) is 0 Å². The van der Waals surface area contributed by atoms with Gasteiger partial charge in [0, 0.05) is 24.4 Å². The molecule has 1 atom stereocenters. The van der Waals surface area contributed by atoms with Crippen LogP contribution in [0.15, 0.2) is 67.0 Å². The number of hydrogen-bond acceptors (Lipinski definition) is 3. The predicted molar refractivity (Wildman–Crippen MR) is 92.3 cm³/mol. The molecule has 120 valence electrons. The number of nitrogens with two attached hydrogens (primary N) is 1. The molecule has 5 nitrogen and oxygen atoms in total. The first-order valence-corrected chi connectivity index (χ1v) is 7.62. The summed E-state index contributed by atoms with van der Waals surface area (Å²) in [6.45, 7) is 0. The van der Waals surface area contributed by atoms with Gasteiger partial charge in [-0.2, -0.15) is 0 Å². The third kappa shape index (κ3) is 3.41. The molecule has 0 spiro atoms. The van der Waals surface area contributed by atoms with Gasteiger partial charge in [0.1, 0.15) is 6.04 Å². The van der Waals surface area contributed by atoms with Crippen LogP contribution in [-0.2, 0) is 11.2 Å². The molecule has 0 saturated heterocycles. The topological polar surface area (TPSA) is 85.1 Å². The lowest BCUT2D eigenvalue weighted by atomic mass is 9.98. The molecule has 0 aliphatic carbocycles. The highest BCUT2D eigenvalue weighted by Crippen LogP contribution is 2.19. The Morgan fingerprint density at radius 2 is 1.71 bits per heavy atom. The number of amides is 2. The molecule has 2 aromatic carbocycles. The Labute approximate surface area is 139 Å². The molecule has 0 fully saturated rings. The predicted octanol–water partition coefficient (Wildman–Crippen LogP) is 2.06. The van der Waals surface area contributed by atoms with E-state index in [9.17, 15) is 9.59 Å². The van der Waals surface area contributed by atoms with Gasteiger partial charge in [0.05, 0.1) is 0 Å². The van der Waals surface area contributed by atoms with Crippen LogP contribution in [0.2, 0.25) is 0 Å². The molecule has 0 aliphatic heterocycles. The zero-order valence-electron chi connectivity index (χ0n) is 13.0. The molecule has 0 radical (unpaired) electrons. The standard InChI is InChI=1S/C19H17N3O2/c20-18(23)17(22-19(24)14-8-10-21-11-9-14)12-15-6-3-5-13-4-1-2-7-16(13)15/h1-11,17H,12H2,(H2,20,23)(H,22,24)/t17-/m0/s1. The number of aromatic nitrogens is 1. The lowest BCUT2D eigenvalue weighted by Crippen LogP contribution is -2.45. The summed E-state index contributed by atoms with van der Waals surface area (Å²) in [6, 6.07) is 16.2. The van der Waals surface area contributed by atoms with Crippen molar-refractivity contribution in [2.45, 2.75) is 12.5 Å². The van der Waals surface area contributed by atoms with E-state index in [2.05, 4.69) is 10.3 Å². The second-order valence-electron chi connectivity index (χ2n) is 5.51. The van der Waals surface area contributed by atoms with E-state index in [0.717, 1.165) is 16.3 Å². The van der Waals surface area contributed by atoms with Crippen LogP contribution < -0.4 is 11.1 Å². The summed E-state index contributed by atoms with van der Waals surface area (Å²) in [7, 11) is 0. The van der Waals surface area contributed by atoms with Gasteiger partial charge in [-0.25, -0.2) is 0 Å². The number of pyridine rings is 1. The number of rotatable bonds is 5. The van der Waals surface area contributed by atoms with Gasteiger partial charge in [0.15, 0.2) is 0 Å². The van der Waals surface area contributed by atoms with E-state index in [4.69, 9.17) is 5.73 Å². The summed E-state index contributed by atoms with van der Waals surface area (Å²) in [5.41, 5.74) is 6.89. The second-order valence-corrected chi connectivity index (χ2v) is 5.51. The van der Waals surface area contributed by atoms with Gasteiger partial charge in [-0.05, 0) is 28.5 Å². The first-order chi connectivity index (χ1) is 11.6. The first kappa shape index (κ1) is 15.7. The van der Waals surface area contributed by atoms with Crippen LogP contribution in [-0.4, -0.2) is 22.8 Å². The maximum Gasteiger partial charge on any atom is 0.252 e. The minimum Gasteiger partial charge on any atom is -0.368 e. The van der Waals surface area contributed by atoms with Gasteiger partial charge >= 0.3 is 0 Å². The number of primary amides is 1. The SMILES string of the molecule is NC(=O)[C@H](Cc1cccc2ccccc12)NC(=O)c1ccncc1. The largest absolute Gasteiger partial charge is 0.368 e. The molecule has 0 aliphatic rings. The zero-order chi connectivity index (χ0) is 16.9. The number of hydrogen-bond donors (Lipinski definition) is 2. The van der Waals surface area contributed by atoms with Crippen LogP contribution >= 0.6 is 0 Å². The number of nitrogens with one attached hydrogen (secondary N) is 1. The molecule has 0 unspecified atom stereocenters. The van der Waals surface area contributed by atoms with Crippen LogP contribution in [0.3, 0.4) is 0 Å². The van der Waals surface area contributed by atoms with Gasteiger partial charge in [-0.3, -0.25) is 14.6 Å². The number of fused-ring (bicyclic) bond motifs is 1. The molecule has 3 aromatic rings. The zero-order valence-corrected chi connectivity index (χ0v) is 13.0. The summed E-state index contributed by atoms with van der Waals surface area (Å²) < 4.78 is 0. The lowest BCUT2D eigenvalue weighted by molar-refractivity contribution is -0.119. The van der Waals surface area contributed by atoms with E-state index in [0.29, 0.717) is 12.0 Å². The maximum atomic E-state index is 12.3. The van der Waals surface area contributed by atoms with E-state index < -0.39 is 11.9 Å².